The van der Waals surface area contributed by atoms with Crippen molar-refractivity contribution in [3.8, 4) is 5.88 Å². The van der Waals surface area contributed by atoms with Gasteiger partial charge in [0, 0.05) is 6.07 Å². The number of nitrogens with zero attached hydrogens (tertiary/aromatic N) is 3. The fraction of sp³-hybridized carbons (Fsp3) is 0. The molecule has 0 bridgehead atoms. The monoisotopic (exact) mass is 112 g/mol. The molecule has 2 N–H and O–H groups in total. The van der Waals surface area contributed by atoms with Gasteiger partial charge in [-0.2, -0.15) is 5.90 Å². The van der Waals surface area contributed by atoms with Crippen LogP contribution in [0.3, 0.4) is 0 Å². The van der Waals surface area contributed by atoms with Crippen LogP contribution in [-0.4, -0.2) is 15.4 Å². The highest BCUT2D eigenvalue weighted by Crippen LogP contribution is 1.94. The molecule has 0 aliphatic heterocycles. The van der Waals surface area contributed by atoms with E-state index in [1.807, 2.05) is 0 Å². The summed E-state index contributed by atoms with van der Waals surface area (Å²) in [5, 5.41) is 10.0. The maximum atomic E-state index is 4.72. The van der Waals surface area contributed by atoms with Crippen LogP contribution in [0.15, 0.2) is 12.3 Å². The van der Waals surface area contributed by atoms with Gasteiger partial charge in [-0.1, -0.05) is 5.10 Å². The second-order valence-electron chi connectivity index (χ2n) is 1.08. The minimum Gasteiger partial charge on any atom is -0.389 e. The molecule has 0 fully saturated rings. The molecule has 0 radical (unpaired) electrons. The summed E-state index contributed by atoms with van der Waals surface area (Å²) in [5.74, 6) is 4.98. The average Bonchev–Trinajstić information content (AvgIpc) is 1.90. The molecule has 1 aromatic rings. The lowest BCUT2D eigenvalue weighted by Gasteiger charge is -1.89. The average molecular weight is 112 g/mol. The SMILES string of the molecule is NOc1ccnnn1. The lowest BCUT2D eigenvalue weighted by Crippen LogP contribution is -2.04. The summed E-state index contributed by atoms with van der Waals surface area (Å²) in [6.07, 6.45) is 1.44. The molecule has 0 unspecified atom stereocenters. The zero-order valence-corrected chi connectivity index (χ0v) is 3.98. The van der Waals surface area contributed by atoms with Gasteiger partial charge in [0.2, 0.25) is 0 Å². The molecule has 0 saturated carbocycles. The first-order valence-electron chi connectivity index (χ1n) is 1.94. The minimum atomic E-state index is 0.264. The van der Waals surface area contributed by atoms with Crippen molar-refractivity contribution in [1.82, 2.24) is 15.4 Å². The number of hydrogen-bond acceptors (Lipinski definition) is 5. The van der Waals surface area contributed by atoms with Crippen molar-refractivity contribution in [2.24, 2.45) is 5.90 Å². The third-order valence-electron chi connectivity index (χ3n) is 0.599. The second kappa shape index (κ2) is 2.17. The lowest BCUT2D eigenvalue weighted by atomic mass is 10.7. The van der Waals surface area contributed by atoms with Crippen molar-refractivity contribution in [3.63, 3.8) is 0 Å². The molecule has 0 aliphatic carbocycles. The Morgan fingerprint density at radius 3 is 2.88 bits per heavy atom. The fourth-order valence-electron chi connectivity index (χ4n) is 0.293. The van der Waals surface area contributed by atoms with Gasteiger partial charge in [-0.3, -0.25) is 0 Å². The summed E-state index contributed by atoms with van der Waals surface area (Å²) in [4.78, 5) is 4.20. The maximum absolute atomic E-state index is 4.72. The summed E-state index contributed by atoms with van der Waals surface area (Å²) in [6.45, 7) is 0. The van der Waals surface area contributed by atoms with Crippen LogP contribution in [0.25, 0.3) is 0 Å². The van der Waals surface area contributed by atoms with E-state index in [1.54, 1.807) is 0 Å². The van der Waals surface area contributed by atoms with Crippen LogP contribution in [0.1, 0.15) is 0 Å². The van der Waals surface area contributed by atoms with E-state index in [1.165, 1.54) is 12.3 Å². The Morgan fingerprint density at radius 1 is 1.62 bits per heavy atom. The van der Waals surface area contributed by atoms with Crippen LogP contribution < -0.4 is 10.7 Å². The van der Waals surface area contributed by atoms with E-state index in [0.717, 1.165) is 0 Å². The zero-order valence-electron chi connectivity index (χ0n) is 3.98. The van der Waals surface area contributed by atoms with Gasteiger partial charge >= 0.3 is 0 Å². The van der Waals surface area contributed by atoms with Crippen molar-refractivity contribution in [2.75, 3.05) is 0 Å². The van der Waals surface area contributed by atoms with Crippen LogP contribution in [-0.2, 0) is 0 Å². The van der Waals surface area contributed by atoms with Crippen molar-refractivity contribution in [1.29, 1.82) is 0 Å². The molecule has 5 heteroatoms. The number of hydrogen-bond donors (Lipinski definition) is 1. The standard InChI is InChI=1S/C3H4N4O/c4-8-3-1-2-5-7-6-3/h1-2H,4H2. The molecule has 1 aromatic heterocycles. The Labute approximate surface area is 45.4 Å². The normalized spacial score (nSPS) is 8.62. The first kappa shape index (κ1) is 4.92. The van der Waals surface area contributed by atoms with Gasteiger partial charge in [-0.15, -0.1) is 5.10 Å². The second-order valence-corrected chi connectivity index (χ2v) is 1.08. The van der Waals surface area contributed by atoms with Crippen molar-refractivity contribution >= 4 is 0 Å². The molecule has 1 heterocycles. The summed E-state index contributed by atoms with van der Waals surface area (Å²) in [6, 6.07) is 1.51. The van der Waals surface area contributed by atoms with E-state index < -0.39 is 0 Å². The van der Waals surface area contributed by atoms with E-state index >= 15 is 0 Å². The van der Waals surface area contributed by atoms with E-state index in [2.05, 4.69) is 20.2 Å². The topological polar surface area (TPSA) is 73.9 Å². The quantitative estimate of drug-likeness (QED) is 0.478. The van der Waals surface area contributed by atoms with E-state index in [0.29, 0.717) is 0 Å². The van der Waals surface area contributed by atoms with Crippen molar-refractivity contribution in [2.45, 2.75) is 0 Å². The highest BCUT2D eigenvalue weighted by atomic mass is 16.6. The van der Waals surface area contributed by atoms with Crippen LogP contribution in [0, 0.1) is 0 Å². The van der Waals surface area contributed by atoms with Crippen molar-refractivity contribution in [3.05, 3.63) is 12.3 Å². The zero-order chi connectivity index (χ0) is 5.82. The maximum Gasteiger partial charge on any atom is 0.259 e. The first-order valence-corrected chi connectivity index (χ1v) is 1.94. The molecule has 0 aliphatic rings. The smallest absolute Gasteiger partial charge is 0.259 e. The predicted octanol–water partition coefficient (Wildman–Crippen LogP) is -0.876. The largest absolute Gasteiger partial charge is 0.389 e. The van der Waals surface area contributed by atoms with Crippen LogP contribution in [0.4, 0.5) is 0 Å². The van der Waals surface area contributed by atoms with Crippen molar-refractivity contribution < 1.29 is 4.84 Å². The Balaban J connectivity index is 2.83. The third kappa shape index (κ3) is 0.881. The summed E-state index contributed by atoms with van der Waals surface area (Å²) in [7, 11) is 0. The third-order valence-corrected chi connectivity index (χ3v) is 0.599. The van der Waals surface area contributed by atoms with Crippen LogP contribution in [0.5, 0.6) is 5.88 Å². The molecule has 0 atom stereocenters. The molecule has 0 saturated heterocycles. The van der Waals surface area contributed by atoms with E-state index in [-0.39, 0.29) is 5.88 Å². The molecule has 5 nitrogen and oxygen atoms in total. The molecule has 1 rings (SSSR count). The van der Waals surface area contributed by atoms with Gasteiger partial charge in [0.1, 0.15) is 0 Å². The first-order chi connectivity index (χ1) is 3.93. The summed E-state index contributed by atoms with van der Waals surface area (Å²) in [5.41, 5.74) is 0. The Hall–Kier alpha value is -1.23. The molecule has 0 aromatic carbocycles. The lowest BCUT2D eigenvalue weighted by molar-refractivity contribution is 0.314. The Kier molecular flexibility index (Phi) is 1.34. The summed E-state index contributed by atoms with van der Waals surface area (Å²) < 4.78 is 0. The van der Waals surface area contributed by atoms with Gasteiger partial charge < -0.3 is 4.84 Å². The predicted molar refractivity (Wildman–Crippen MR) is 24.6 cm³/mol. The number of rotatable bonds is 1. The molecule has 0 spiro atoms. The minimum absolute atomic E-state index is 0.264. The molecule has 8 heavy (non-hydrogen) atoms. The highest BCUT2D eigenvalue weighted by Gasteiger charge is 1.85. The van der Waals surface area contributed by atoms with Gasteiger partial charge in [-0.25, -0.2) is 0 Å². The van der Waals surface area contributed by atoms with Crippen LogP contribution >= 0.6 is 0 Å². The van der Waals surface area contributed by atoms with Gasteiger partial charge in [0.15, 0.2) is 0 Å². The molecule has 42 valence electrons. The number of aromatic nitrogens is 3. The molecule has 0 amide bonds. The van der Waals surface area contributed by atoms with Gasteiger partial charge in [0.25, 0.3) is 5.88 Å². The van der Waals surface area contributed by atoms with Gasteiger partial charge in [-0.05, 0) is 5.21 Å². The summed E-state index contributed by atoms with van der Waals surface area (Å²) >= 11 is 0. The van der Waals surface area contributed by atoms with E-state index in [9.17, 15) is 0 Å². The van der Waals surface area contributed by atoms with Crippen LogP contribution in [0.2, 0.25) is 0 Å². The molecular formula is C3H4N4O. The fourth-order valence-corrected chi connectivity index (χ4v) is 0.293. The number of nitrogens with two attached hydrogens (primary N) is 1. The highest BCUT2D eigenvalue weighted by molar-refractivity contribution is 5.00. The van der Waals surface area contributed by atoms with Gasteiger partial charge in [0.05, 0.1) is 6.20 Å². The molecular weight excluding hydrogens is 108 g/mol. The van der Waals surface area contributed by atoms with E-state index in [4.69, 9.17) is 5.90 Å². The Bertz CT molecular complexity index is 153. The Morgan fingerprint density at radius 2 is 2.50 bits per heavy atom.